The van der Waals surface area contributed by atoms with Crippen LogP contribution in [0.1, 0.15) is 18.4 Å². The van der Waals surface area contributed by atoms with E-state index in [0.29, 0.717) is 0 Å². The Labute approximate surface area is 107 Å². The van der Waals surface area contributed by atoms with Crippen LogP contribution in [-0.4, -0.2) is 16.9 Å². The molecule has 4 nitrogen and oxygen atoms in total. The van der Waals surface area contributed by atoms with Gasteiger partial charge in [0.25, 0.3) is 0 Å². The van der Waals surface area contributed by atoms with Gasteiger partial charge in [-0.2, -0.15) is 5.10 Å². The highest BCUT2D eigenvalue weighted by molar-refractivity contribution is 5.30. The molecule has 0 fully saturated rings. The van der Waals surface area contributed by atoms with E-state index in [9.17, 15) is 0 Å². The predicted octanol–water partition coefficient (Wildman–Crippen LogP) is 2.50. The van der Waals surface area contributed by atoms with E-state index in [4.69, 9.17) is 10.5 Å². The number of anilines is 1. The second kappa shape index (κ2) is 6.10. The molecule has 0 bridgehead atoms. The van der Waals surface area contributed by atoms with Crippen LogP contribution in [0.5, 0.6) is 5.75 Å². The first kappa shape index (κ1) is 12.5. The summed E-state index contributed by atoms with van der Waals surface area (Å²) in [5.74, 6) is 0.923. The highest BCUT2D eigenvalue weighted by Gasteiger charge is 1.98. The number of nitrogen functional groups attached to an aromatic ring is 1. The fraction of sp³-hybridized carbons (Fsp3) is 0.357. The number of hydrogen-bond donors (Lipinski definition) is 1. The molecule has 2 N–H and O–H groups in total. The summed E-state index contributed by atoms with van der Waals surface area (Å²) in [5, 5.41) is 4.16. The smallest absolute Gasteiger partial charge is 0.119 e. The molecule has 0 radical (unpaired) electrons. The van der Waals surface area contributed by atoms with Crippen molar-refractivity contribution in [1.82, 2.24) is 9.78 Å². The van der Waals surface area contributed by atoms with Crippen molar-refractivity contribution >= 4 is 5.69 Å². The highest BCUT2D eigenvalue weighted by Crippen LogP contribution is 2.14. The Balaban J connectivity index is 1.74. The summed E-state index contributed by atoms with van der Waals surface area (Å²) in [6.45, 7) is 0.918. The lowest BCUT2D eigenvalue weighted by atomic mass is 10.1. The maximum absolute atomic E-state index is 5.61. The van der Waals surface area contributed by atoms with E-state index in [-0.39, 0.29) is 0 Å². The summed E-state index contributed by atoms with van der Waals surface area (Å²) in [4.78, 5) is 0. The summed E-state index contributed by atoms with van der Waals surface area (Å²) in [6, 6.07) is 8.22. The van der Waals surface area contributed by atoms with Gasteiger partial charge in [-0.15, -0.1) is 0 Å². The molecule has 0 aliphatic carbocycles. The van der Waals surface area contributed by atoms with Gasteiger partial charge in [0, 0.05) is 12.7 Å². The zero-order valence-electron chi connectivity index (χ0n) is 10.7. The van der Waals surface area contributed by atoms with Crippen molar-refractivity contribution in [3.05, 3.63) is 42.2 Å². The Hall–Kier alpha value is -1.97. The van der Waals surface area contributed by atoms with Crippen LogP contribution in [0.15, 0.2) is 36.7 Å². The number of hydrogen-bond acceptors (Lipinski definition) is 3. The third kappa shape index (κ3) is 3.52. The molecular formula is C14H19N3O. The largest absolute Gasteiger partial charge is 0.497 e. The Kier molecular flexibility index (Phi) is 4.23. The maximum atomic E-state index is 5.61. The molecule has 1 heterocycles. The summed E-state index contributed by atoms with van der Waals surface area (Å²) >= 11 is 0. The summed E-state index contributed by atoms with van der Waals surface area (Å²) in [7, 11) is 1.70. The van der Waals surface area contributed by atoms with Gasteiger partial charge in [0.2, 0.25) is 0 Å². The average molecular weight is 245 g/mol. The number of rotatable bonds is 6. The average Bonchev–Trinajstić information content (AvgIpc) is 2.81. The van der Waals surface area contributed by atoms with E-state index in [0.717, 1.165) is 37.2 Å². The lowest BCUT2D eigenvalue weighted by Crippen LogP contribution is -1.99. The molecule has 4 heteroatoms. The molecule has 0 atom stereocenters. The molecular weight excluding hydrogens is 226 g/mol. The summed E-state index contributed by atoms with van der Waals surface area (Å²) in [6.07, 6.45) is 6.84. The lowest BCUT2D eigenvalue weighted by Gasteiger charge is -2.05. The molecule has 2 rings (SSSR count). The Morgan fingerprint density at radius 2 is 2.22 bits per heavy atom. The molecule has 0 spiro atoms. The quantitative estimate of drug-likeness (QED) is 0.795. The minimum Gasteiger partial charge on any atom is -0.497 e. The molecule has 0 saturated carbocycles. The van der Waals surface area contributed by atoms with Gasteiger partial charge in [-0.25, -0.2) is 0 Å². The molecule has 0 saturated heterocycles. The molecule has 0 aliphatic rings. The number of ether oxygens (including phenoxy) is 1. The molecule has 0 unspecified atom stereocenters. The maximum Gasteiger partial charge on any atom is 0.119 e. The number of aromatic nitrogens is 2. The minimum atomic E-state index is 0.725. The van der Waals surface area contributed by atoms with Crippen molar-refractivity contribution in [2.75, 3.05) is 12.8 Å². The van der Waals surface area contributed by atoms with Gasteiger partial charge in [0.1, 0.15) is 5.75 Å². The first-order valence-electron chi connectivity index (χ1n) is 6.19. The monoisotopic (exact) mass is 245 g/mol. The zero-order valence-corrected chi connectivity index (χ0v) is 10.7. The standard InChI is InChI=1S/C14H19N3O/c1-18-14-7-4-6-12(9-14)5-2-3-8-17-11-13(15)10-16-17/h4,6-7,9-11H,2-3,5,8,15H2,1H3. The van der Waals surface area contributed by atoms with Gasteiger partial charge in [-0.05, 0) is 37.0 Å². The molecule has 0 aliphatic heterocycles. The van der Waals surface area contributed by atoms with E-state index in [1.54, 1.807) is 13.3 Å². The molecule has 1 aromatic carbocycles. The lowest BCUT2D eigenvalue weighted by molar-refractivity contribution is 0.414. The summed E-state index contributed by atoms with van der Waals surface area (Å²) < 4.78 is 7.10. The van der Waals surface area contributed by atoms with Gasteiger partial charge in [-0.1, -0.05) is 12.1 Å². The molecule has 96 valence electrons. The van der Waals surface area contributed by atoms with Crippen LogP contribution in [0, 0.1) is 0 Å². The number of aryl methyl sites for hydroxylation is 2. The number of methoxy groups -OCH3 is 1. The fourth-order valence-electron chi connectivity index (χ4n) is 1.93. The molecule has 2 aromatic rings. The van der Waals surface area contributed by atoms with Gasteiger partial charge in [0.15, 0.2) is 0 Å². The topological polar surface area (TPSA) is 53.1 Å². The SMILES string of the molecule is COc1cccc(CCCCn2cc(N)cn2)c1. The minimum absolute atomic E-state index is 0.725. The van der Waals surface area contributed by atoms with Crippen molar-refractivity contribution in [3.8, 4) is 5.75 Å². The fourth-order valence-corrected chi connectivity index (χ4v) is 1.93. The number of benzene rings is 1. The van der Waals surface area contributed by atoms with E-state index in [1.165, 1.54) is 5.56 Å². The zero-order chi connectivity index (χ0) is 12.8. The van der Waals surface area contributed by atoms with E-state index < -0.39 is 0 Å². The van der Waals surface area contributed by atoms with Gasteiger partial charge < -0.3 is 10.5 Å². The summed E-state index contributed by atoms with van der Waals surface area (Å²) in [5.41, 5.74) is 7.65. The van der Waals surface area contributed by atoms with Crippen LogP contribution >= 0.6 is 0 Å². The number of nitrogens with zero attached hydrogens (tertiary/aromatic N) is 2. The molecule has 18 heavy (non-hydrogen) atoms. The molecule has 1 aromatic heterocycles. The van der Waals surface area contributed by atoms with Crippen molar-refractivity contribution in [2.24, 2.45) is 0 Å². The van der Waals surface area contributed by atoms with Crippen LogP contribution in [0.3, 0.4) is 0 Å². The third-order valence-corrected chi connectivity index (χ3v) is 2.89. The Morgan fingerprint density at radius 3 is 2.94 bits per heavy atom. The van der Waals surface area contributed by atoms with Crippen molar-refractivity contribution in [3.63, 3.8) is 0 Å². The van der Waals surface area contributed by atoms with Crippen molar-refractivity contribution in [2.45, 2.75) is 25.8 Å². The van der Waals surface area contributed by atoms with Crippen LogP contribution in [0.4, 0.5) is 5.69 Å². The van der Waals surface area contributed by atoms with Crippen molar-refractivity contribution < 1.29 is 4.74 Å². The van der Waals surface area contributed by atoms with Crippen LogP contribution in [-0.2, 0) is 13.0 Å². The number of nitrogens with two attached hydrogens (primary N) is 1. The van der Waals surface area contributed by atoms with Gasteiger partial charge >= 0.3 is 0 Å². The van der Waals surface area contributed by atoms with E-state index in [2.05, 4.69) is 17.2 Å². The van der Waals surface area contributed by atoms with Crippen LogP contribution < -0.4 is 10.5 Å². The van der Waals surface area contributed by atoms with Gasteiger partial charge in [-0.3, -0.25) is 4.68 Å². The van der Waals surface area contributed by atoms with Crippen LogP contribution in [0.25, 0.3) is 0 Å². The van der Waals surface area contributed by atoms with E-state index in [1.807, 2.05) is 23.0 Å². The molecule has 0 amide bonds. The van der Waals surface area contributed by atoms with Crippen molar-refractivity contribution in [1.29, 1.82) is 0 Å². The van der Waals surface area contributed by atoms with Gasteiger partial charge in [0.05, 0.1) is 19.0 Å². The second-order valence-electron chi connectivity index (χ2n) is 4.35. The Bertz CT molecular complexity index is 493. The third-order valence-electron chi connectivity index (χ3n) is 2.89. The normalized spacial score (nSPS) is 10.5. The Morgan fingerprint density at radius 1 is 1.33 bits per heavy atom. The second-order valence-corrected chi connectivity index (χ2v) is 4.35. The van der Waals surface area contributed by atoms with Crippen LogP contribution in [0.2, 0.25) is 0 Å². The highest BCUT2D eigenvalue weighted by atomic mass is 16.5. The first-order chi connectivity index (χ1) is 8.78. The van der Waals surface area contributed by atoms with E-state index >= 15 is 0 Å². The number of unbranched alkanes of at least 4 members (excludes halogenated alkanes) is 1. The first-order valence-corrected chi connectivity index (χ1v) is 6.19. The predicted molar refractivity (Wildman–Crippen MR) is 72.6 cm³/mol.